The second kappa shape index (κ2) is 4.20. The monoisotopic (exact) mass is 268 g/mol. The van der Waals surface area contributed by atoms with Gasteiger partial charge < -0.3 is 10.0 Å². The fourth-order valence-electron chi connectivity index (χ4n) is 3.11. The van der Waals surface area contributed by atoms with E-state index in [2.05, 4.69) is 4.90 Å². The van der Waals surface area contributed by atoms with E-state index in [1.807, 2.05) is 0 Å². The van der Waals surface area contributed by atoms with E-state index in [1.54, 1.807) is 6.92 Å². The summed E-state index contributed by atoms with van der Waals surface area (Å²) in [5, 5.41) is 21.5. The topological polar surface area (TPSA) is 66.6 Å². The fourth-order valence-corrected chi connectivity index (χ4v) is 4.25. The number of nitrogens with zero attached hydrogens (tertiary/aromatic N) is 2. The molecule has 3 rings (SSSR count). The average molecular weight is 268 g/mol. The molecule has 2 unspecified atom stereocenters. The number of nitro groups is 1. The lowest BCUT2D eigenvalue weighted by Gasteiger charge is -2.26. The fraction of sp³-hybridized carbons (Fsp3) is 0.667. The van der Waals surface area contributed by atoms with E-state index < -0.39 is 6.10 Å². The van der Waals surface area contributed by atoms with Crippen LogP contribution in [0.2, 0.25) is 0 Å². The first-order valence-corrected chi connectivity index (χ1v) is 7.10. The SMILES string of the molecule is C[C@H](O)c1cc([N+](=O)[O-])c(N2CC3CCC2C3)s1. The standard InChI is InChI=1S/C12H16N2O3S/c1-7(15)11-5-10(14(16)17)12(18-11)13-6-8-2-3-9(13)4-8/h5,7-9,15H,2-4,6H2,1H3/t7-,8?,9?/m0/s1. The van der Waals surface area contributed by atoms with Gasteiger partial charge >= 0.3 is 5.69 Å². The van der Waals surface area contributed by atoms with Crippen molar-refractivity contribution in [2.75, 3.05) is 11.4 Å². The first kappa shape index (κ1) is 11.9. The van der Waals surface area contributed by atoms with Crippen molar-refractivity contribution in [1.29, 1.82) is 0 Å². The number of piperidine rings is 1. The van der Waals surface area contributed by atoms with Gasteiger partial charge in [-0.25, -0.2) is 0 Å². The number of hydrogen-bond acceptors (Lipinski definition) is 5. The number of aliphatic hydroxyl groups is 1. The third-order valence-electron chi connectivity index (χ3n) is 3.99. The van der Waals surface area contributed by atoms with E-state index in [4.69, 9.17) is 0 Å². The molecule has 18 heavy (non-hydrogen) atoms. The highest BCUT2D eigenvalue weighted by Crippen LogP contribution is 2.47. The minimum Gasteiger partial charge on any atom is -0.388 e. The molecule has 1 aromatic heterocycles. The van der Waals surface area contributed by atoms with Crippen molar-refractivity contribution in [3.63, 3.8) is 0 Å². The Balaban J connectivity index is 1.97. The minimum absolute atomic E-state index is 0.156. The van der Waals surface area contributed by atoms with Gasteiger partial charge in [0, 0.05) is 23.5 Å². The number of rotatable bonds is 3. The smallest absolute Gasteiger partial charge is 0.304 e. The predicted octanol–water partition coefficient (Wildman–Crippen LogP) is 2.70. The van der Waals surface area contributed by atoms with Crippen molar-refractivity contribution < 1.29 is 10.0 Å². The van der Waals surface area contributed by atoms with Gasteiger partial charge in [0.1, 0.15) is 0 Å². The summed E-state index contributed by atoms with van der Waals surface area (Å²) in [7, 11) is 0. The van der Waals surface area contributed by atoms with Gasteiger partial charge in [0.05, 0.1) is 11.0 Å². The summed E-state index contributed by atoms with van der Waals surface area (Å²) in [6, 6.07) is 1.99. The lowest BCUT2D eigenvalue weighted by atomic mass is 10.1. The predicted molar refractivity (Wildman–Crippen MR) is 70.1 cm³/mol. The van der Waals surface area contributed by atoms with Gasteiger partial charge in [0.2, 0.25) is 0 Å². The molecule has 3 atom stereocenters. The number of thiophene rings is 1. The summed E-state index contributed by atoms with van der Waals surface area (Å²) in [4.78, 5) is 13.7. The first-order valence-electron chi connectivity index (χ1n) is 6.29. The highest BCUT2D eigenvalue weighted by molar-refractivity contribution is 7.16. The van der Waals surface area contributed by atoms with Crippen LogP contribution >= 0.6 is 11.3 Å². The van der Waals surface area contributed by atoms with E-state index in [-0.39, 0.29) is 10.6 Å². The Morgan fingerprint density at radius 3 is 2.89 bits per heavy atom. The molecule has 6 heteroatoms. The van der Waals surface area contributed by atoms with Crippen molar-refractivity contribution in [2.24, 2.45) is 5.92 Å². The third-order valence-corrected chi connectivity index (χ3v) is 5.32. The quantitative estimate of drug-likeness (QED) is 0.676. The third kappa shape index (κ3) is 1.80. The number of aliphatic hydroxyl groups excluding tert-OH is 1. The van der Waals surface area contributed by atoms with Crippen molar-refractivity contribution in [1.82, 2.24) is 0 Å². The second-order valence-corrected chi connectivity index (χ2v) is 6.32. The highest BCUT2D eigenvalue weighted by atomic mass is 32.1. The zero-order valence-electron chi connectivity index (χ0n) is 10.2. The maximum atomic E-state index is 11.1. The van der Waals surface area contributed by atoms with Gasteiger partial charge in [-0.2, -0.15) is 0 Å². The highest BCUT2D eigenvalue weighted by Gasteiger charge is 2.41. The Kier molecular flexibility index (Phi) is 2.79. The molecule has 0 spiro atoms. The van der Waals surface area contributed by atoms with Crippen LogP contribution in [-0.2, 0) is 0 Å². The van der Waals surface area contributed by atoms with Crippen LogP contribution < -0.4 is 4.90 Å². The molecule has 1 aliphatic heterocycles. The zero-order valence-corrected chi connectivity index (χ0v) is 11.0. The van der Waals surface area contributed by atoms with Crippen LogP contribution in [0.5, 0.6) is 0 Å². The minimum atomic E-state index is -0.637. The van der Waals surface area contributed by atoms with Crippen molar-refractivity contribution >= 4 is 22.0 Å². The summed E-state index contributed by atoms with van der Waals surface area (Å²) >= 11 is 1.37. The van der Waals surface area contributed by atoms with Gasteiger partial charge in [-0.15, -0.1) is 11.3 Å². The molecule has 1 aromatic rings. The molecular weight excluding hydrogens is 252 g/mol. The normalized spacial score (nSPS) is 27.8. The number of fused-ring (bicyclic) bond motifs is 2. The zero-order chi connectivity index (χ0) is 12.9. The molecule has 0 radical (unpaired) electrons. The summed E-state index contributed by atoms with van der Waals surface area (Å²) in [5.74, 6) is 0.701. The molecule has 1 saturated carbocycles. The van der Waals surface area contributed by atoms with Crippen LogP contribution in [0.15, 0.2) is 6.07 Å². The molecule has 2 heterocycles. The van der Waals surface area contributed by atoms with Gasteiger partial charge in [-0.1, -0.05) is 0 Å². The molecule has 2 fully saturated rings. The molecule has 2 bridgehead atoms. The average Bonchev–Trinajstić information content (AvgIpc) is 3.02. The molecule has 1 aliphatic carbocycles. The molecule has 5 nitrogen and oxygen atoms in total. The van der Waals surface area contributed by atoms with E-state index >= 15 is 0 Å². The van der Waals surface area contributed by atoms with Crippen LogP contribution in [0.25, 0.3) is 0 Å². The molecule has 98 valence electrons. The van der Waals surface area contributed by atoms with E-state index in [1.165, 1.54) is 30.2 Å². The molecule has 0 amide bonds. The van der Waals surface area contributed by atoms with Crippen molar-refractivity contribution in [2.45, 2.75) is 38.3 Å². The van der Waals surface area contributed by atoms with Crippen LogP contribution in [0, 0.1) is 16.0 Å². The summed E-state index contributed by atoms with van der Waals surface area (Å²) in [6.07, 6.45) is 2.93. The van der Waals surface area contributed by atoms with Crippen LogP contribution in [0.3, 0.4) is 0 Å². The number of hydrogen-bond donors (Lipinski definition) is 1. The van der Waals surface area contributed by atoms with Crippen LogP contribution in [0.1, 0.15) is 37.2 Å². The Labute approximate surface area is 109 Å². The molecular formula is C12H16N2O3S. The van der Waals surface area contributed by atoms with E-state index in [9.17, 15) is 15.2 Å². The Bertz CT molecular complexity index is 486. The lowest BCUT2D eigenvalue weighted by molar-refractivity contribution is -0.383. The van der Waals surface area contributed by atoms with Crippen molar-refractivity contribution in [3.8, 4) is 0 Å². The lowest BCUT2D eigenvalue weighted by Crippen LogP contribution is -2.31. The molecule has 1 saturated heterocycles. The van der Waals surface area contributed by atoms with Crippen LogP contribution in [0.4, 0.5) is 10.7 Å². The van der Waals surface area contributed by atoms with Crippen LogP contribution in [-0.4, -0.2) is 22.6 Å². The van der Waals surface area contributed by atoms with Crippen molar-refractivity contribution in [3.05, 3.63) is 21.1 Å². The second-order valence-electron chi connectivity index (χ2n) is 5.26. The van der Waals surface area contributed by atoms with Gasteiger partial charge in [0.15, 0.2) is 5.00 Å². The summed E-state index contributed by atoms with van der Waals surface area (Å²) in [6.45, 7) is 2.58. The maximum absolute atomic E-state index is 11.1. The molecule has 2 aliphatic rings. The Hall–Kier alpha value is -1.14. The Morgan fingerprint density at radius 1 is 1.61 bits per heavy atom. The van der Waals surface area contributed by atoms with Gasteiger partial charge in [-0.3, -0.25) is 10.1 Å². The van der Waals surface area contributed by atoms with E-state index in [0.29, 0.717) is 16.8 Å². The Morgan fingerprint density at radius 2 is 2.39 bits per heavy atom. The molecule has 1 N–H and O–H groups in total. The largest absolute Gasteiger partial charge is 0.388 e. The van der Waals surface area contributed by atoms with Gasteiger partial charge in [0.25, 0.3) is 0 Å². The maximum Gasteiger partial charge on any atom is 0.304 e. The first-order chi connectivity index (χ1) is 8.56. The van der Waals surface area contributed by atoms with Gasteiger partial charge in [-0.05, 0) is 32.1 Å². The summed E-state index contributed by atoms with van der Waals surface area (Å²) < 4.78 is 0. The number of anilines is 1. The molecule has 0 aromatic carbocycles. The van der Waals surface area contributed by atoms with E-state index in [0.717, 1.165) is 18.0 Å². The summed E-state index contributed by atoms with van der Waals surface area (Å²) in [5.41, 5.74) is 0.156.